The maximum Gasteiger partial charge on any atom is 0.264 e. The Morgan fingerprint density at radius 3 is 2.23 bits per heavy atom. The number of benzene rings is 4. The third kappa shape index (κ3) is 8.53. The largest absolute Gasteiger partial charge is 0.497 e. The van der Waals surface area contributed by atoms with Crippen molar-refractivity contribution in [3.05, 3.63) is 125 Å². The summed E-state index contributed by atoms with van der Waals surface area (Å²) < 4.78 is 35.0. The molecular weight excluding hydrogens is 634 g/mol. The SMILES string of the molecule is COc1cccc(CN(C(=O)CN(c2ccccc2C)S(=O)(=O)c2ccc(Cl)cc2)[C@H](Cc2ccccc2)C(=O)NC2CCCC2)c1. The first kappa shape index (κ1) is 34.0. The second-order valence-electron chi connectivity index (χ2n) is 11.8. The molecule has 1 saturated carbocycles. The van der Waals surface area contributed by atoms with Gasteiger partial charge in [0.25, 0.3) is 10.0 Å². The van der Waals surface area contributed by atoms with E-state index in [1.54, 1.807) is 32.2 Å². The van der Waals surface area contributed by atoms with Crippen molar-refractivity contribution in [2.45, 2.75) is 62.6 Å². The highest BCUT2D eigenvalue weighted by molar-refractivity contribution is 7.92. The highest BCUT2D eigenvalue weighted by Gasteiger charge is 2.36. The van der Waals surface area contributed by atoms with Crippen LogP contribution in [0.3, 0.4) is 0 Å². The predicted molar refractivity (Wildman–Crippen MR) is 185 cm³/mol. The van der Waals surface area contributed by atoms with Crippen molar-refractivity contribution in [2.75, 3.05) is 18.0 Å². The lowest BCUT2D eigenvalue weighted by atomic mass is 10.0. The van der Waals surface area contributed by atoms with Gasteiger partial charge in [-0.3, -0.25) is 13.9 Å². The normalized spacial score (nSPS) is 13.9. The van der Waals surface area contributed by atoms with E-state index in [0.717, 1.165) is 41.1 Å². The van der Waals surface area contributed by atoms with Crippen molar-refractivity contribution >= 4 is 39.1 Å². The third-order valence-electron chi connectivity index (χ3n) is 8.52. The van der Waals surface area contributed by atoms with Crippen LogP contribution in [-0.4, -0.2) is 50.9 Å². The number of rotatable bonds is 13. The lowest BCUT2D eigenvalue weighted by Crippen LogP contribution is -2.54. The van der Waals surface area contributed by atoms with Crippen molar-refractivity contribution in [3.63, 3.8) is 0 Å². The van der Waals surface area contributed by atoms with Gasteiger partial charge in [0.15, 0.2) is 0 Å². The summed E-state index contributed by atoms with van der Waals surface area (Å²) in [4.78, 5) is 30.3. The number of ether oxygens (including phenoxy) is 1. The second-order valence-corrected chi connectivity index (χ2v) is 14.1. The van der Waals surface area contributed by atoms with Gasteiger partial charge in [-0.05, 0) is 78.9 Å². The van der Waals surface area contributed by atoms with E-state index in [1.807, 2.05) is 60.7 Å². The van der Waals surface area contributed by atoms with Gasteiger partial charge in [0.2, 0.25) is 11.8 Å². The Bertz CT molecular complexity index is 1780. The summed E-state index contributed by atoms with van der Waals surface area (Å²) >= 11 is 6.08. The average molecular weight is 674 g/mol. The van der Waals surface area contributed by atoms with Crippen LogP contribution < -0.4 is 14.4 Å². The minimum absolute atomic E-state index is 0.00268. The van der Waals surface area contributed by atoms with E-state index in [1.165, 1.54) is 29.2 Å². The second kappa shape index (κ2) is 15.5. The van der Waals surface area contributed by atoms with Crippen LogP contribution >= 0.6 is 11.6 Å². The monoisotopic (exact) mass is 673 g/mol. The van der Waals surface area contributed by atoms with Crippen LogP contribution in [0.5, 0.6) is 5.75 Å². The van der Waals surface area contributed by atoms with Crippen LogP contribution in [-0.2, 0) is 32.6 Å². The van der Waals surface area contributed by atoms with Crippen molar-refractivity contribution in [3.8, 4) is 5.75 Å². The van der Waals surface area contributed by atoms with Gasteiger partial charge in [-0.1, -0.05) is 85.1 Å². The van der Waals surface area contributed by atoms with Crippen molar-refractivity contribution in [2.24, 2.45) is 0 Å². The molecule has 0 saturated heterocycles. The van der Waals surface area contributed by atoms with E-state index in [2.05, 4.69) is 5.32 Å². The molecule has 4 aromatic rings. The summed E-state index contributed by atoms with van der Waals surface area (Å²) in [5.74, 6) is -0.173. The van der Waals surface area contributed by atoms with Gasteiger partial charge in [0, 0.05) is 24.0 Å². The number of aryl methyl sites for hydroxylation is 1. The highest BCUT2D eigenvalue weighted by Crippen LogP contribution is 2.29. The fraction of sp³-hybridized carbons (Fsp3) is 0.297. The van der Waals surface area contributed by atoms with Crippen LogP contribution in [0.15, 0.2) is 108 Å². The van der Waals surface area contributed by atoms with Crippen molar-refractivity contribution in [1.82, 2.24) is 10.2 Å². The number of carbonyl (C=O) groups excluding carboxylic acids is 2. The van der Waals surface area contributed by atoms with E-state index >= 15 is 0 Å². The zero-order chi connectivity index (χ0) is 33.4. The van der Waals surface area contributed by atoms with E-state index in [0.29, 0.717) is 22.0 Å². The number of methoxy groups -OCH3 is 1. The lowest BCUT2D eigenvalue weighted by Gasteiger charge is -2.34. The number of hydrogen-bond donors (Lipinski definition) is 1. The molecular formula is C37H40ClN3O5S. The molecule has 0 radical (unpaired) electrons. The molecule has 1 fully saturated rings. The molecule has 5 rings (SSSR count). The molecule has 1 aliphatic carbocycles. The number of amides is 2. The van der Waals surface area contributed by atoms with Crippen LogP contribution in [0.4, 0.5) is 5.69 Å². The third-order valence-corrected chi connectivity index (χ3v) is 10.6. The van der Waals surface area contributed by atoms with Gasteiger partial charge in [-0.15, -0.1) is 0 Å². The molecule has 0 aliphatic heterocycles. The minimum Gasteiger partial charge on any atom is -0.497 e. The van der Waals surface area contributed by atoms with Crippen LogP contribution in [0, 0.1) is 6.92 Å². The van der Waals surface area contributed by atoms with Gasteiger partial charge in [0.1, 0.15) is 18.3 Å². The number of anilines is 1. The van der Waals surface area contributed by atoms with Gasteiger partial charge >= 0.3 is 0 Å². The Hall–Kier alpha value is -4.34. The molecule has 0 unspecified atom stereocenters. The van der Waals surface area contributed by atoms with Gasteiger partial charge in [-0.25, -0.2) is 8.42 Å². The number of hydrogen-bond acceptors (Lipinski definition) is 5. The lowest BCUT2D eigenvalue weighted by molar-refractivity contribution is -0.140. The molecule has 0 aromatic heterocycles. The molecule has 8 nitrogen and oxygen atoms in total. The highest BCUT2D eigenvalue weighted by atomic mass is 35.5. The fourth-order valence-electron chi connectivity index (χ4n) is 5.98. The quantitative estimate of drug-likeness (QED) is 0.174. The summed E-state index contributed by atoms with van der Waals surface area (Å²) in [6, 6.07) is 28.9. The molecule has 0 bridgehead atoms. The number of nitrogens with zero attached hydrogens (tertiary/aromatic N) is 2. The molecule has 0 heterocycles. The smallest absolute Gasteiger partial charge is 0.264 e. The Morgan fingerprint density at radius 1 is 0.894 bits per heavy atom. The summed E-state index contributed by atoms with van der Waals surface area (Å²) in [5, 5.41) is 3.59. The minimum atomic E-state index is -4.22. The maximum absolute atomic E-state index is 14.7. The number of halogens is 1. The summed E-state index contributed by atoms with van der Waals surface area (Å²) in [6.07, 6.45) is 4.09. The van der Waals surface area contributed by atoms with Gasteiger partial charge in [0.05, 0.1) is 17.7 Å². The van der Waals surface area contributed by atoms with Gasteiger partial charge < -0.3 is 15.0 Å². The van der Waals surface area contributed by atoms with Gasteiger partial charge in [-0.2, -0.15) is 0 Å². The number of carbonyl (C=O) groups is 2. The molecule has 246 valence electrons. The molecule has 1 N–H and O–H groups in total. The Balaban J connectivity index is 1.58. The summed E-state index contributed by atoms with van der Waals surface area (Å²) in [7, 11) is -2.66. The Kier molecular flexibility index (Phi) is 11.2. The molecule has 47 heavy (non-hydrogen) atoms. The van der Waals surface area contributed by atoms with E-state index in [-0.39, 0.29) is 29.8 Å². The first-order chi connectivity index (χ1) is 22.7. The Labute approximate surface area is 282 Å². The maximum atomic E-state index is 14.7. The first-order valence-electron chi connectivity index (χ1n) is 15.8. The fourth-order valence-corrected chi connectivity index (χ4v) is 7.58. The van der Waals surface area contributed by atoms with Crippen LogP contribution in [0.1, 0.15) is 42.4 Å². The number of para-hydroxylation sites is 1. The van der Waals surface area contributed by atoms with E-state index in [4.69, 9.17) is 16.3 Å². The summed E-state index contributed by atoms with van der Waals surface area (Å²) in [5.41, 5.74) is 2.67. The standard InChI is InChI=1S/C37H40ClN3O5S/c1-27-11-6-9-18-34(27)41(47(44,45)33-21-19-30(38)20-22-33)26-36(42)40(25-29-14-10-17-32(23-29)46-2)35(24-28-12-4-3-5-13-28)37(43)39-31-15-7-8-16-31/h3-6,9-14,17-23,31,35H,7-8,15-16,24-26H2,1-2H3,(H,39,43)/t35-/m1/s1. The van der Waals surface area contributed by atoms with E-state index in [9.17, 15) is 18.0 Å². The van der Waals surface area contributed by atoms with E-state index < -0.39 is 28.5 Å². The molecule has 2 amide bonds. The topological polar surface area (TPSA) is 96.0 Å². The Morgan fingerprint density at radius 2 is 1.55 bits per heavy atom. The molecule has 1 atom stereocenters. The van der Waals surface area contributed by atoms with Crippen LogP contribution in [0.2, 0.25) is 5.02 Å². The molecule has 0 spiro atoms. The zero-order valence-corrected chi connectivity index (χ0v) is 28.2. The molecule has 4 aromatic carbocycles. The first-order valence-corrected chi connectivity index (χ1v) is 17.6. The predicted octanol–water partition coefficient (Wildman–Crippen LogP) is 6.55. The number of nitrogens with one attached hydrogen (secondary N) is 1. The average Bonchev–Trinajstić information content (AvgIpc) is 3.59. The van der Waals surface area contributed by atoms with Crippen molar-refractivity contribution in [1.29, 1.82) is 0 Å². The number of sulfonamides is 1. The molecule has 1 aliphatic rings. The van der Waals surface area contributed by atoms with Crippen LogP contribution in [0.25, 0.3) is 0 Å². The molecule has 10 heteroatoms. The van der Waals surface area contributed by atoms with Crippen molar-refractivity contribution < 1.29 is 22.7 Å². The summed E-state index contributed by atoms with van der Waals surface area (Å²) in [6.45, 7) is 1.33. The zero-order valence-electron chi connectivity index (χ0n) is 26.6.